The first-order valence-corrected chi connectivity index (χ1v) is 3.58. The van der Waals surface area contributed by atoms with E-state index in [0.29, 0.717) is 5.02 Å². The fraction of sp³-hybridized carbons (Fsp3) is 0.125. The molecular formula is C8H9ClNO+. The summed E-state index contributed by atoms with van der Waals surface area (Å²) in [6.45, 7) is 0. The molecule has 0 radical (unpaired) electrons. The molecule has 0 aliphatic carbocycles. The lowest BCUT2D eigenvalue weighted by molar-refractivity contribution is -0.750. The van der Waals surface area contributed by atoms with E-state index in [2.05, 4.69) is 0 Å². The van der Waals surface area contributed by atoms with Gasteiger partial charge in [0.15, 0.2) is 7.05 Å². The molecule has 1 rings (SSSR count). The van der Waals surface area contributed by atoms with Crippen LogP contribution >= 0.6 is 11.6 Å². The number of benzene rings is 1. The molecule has 58 valence electrons. The van der Waals surface area contributed by atoms with Crippen molar-refractivity contribution in [2.24, 2.45) is 0 Å². The first kappa shape index (κ1) is 8.08. The molecule has 0 heterocycles. The summed E-state index contributed by atoms with van der Waals surface area (Å²) in [7, 11) is 1.55. The molecule has 0 amide bonds. The summed E-state index contributed by atoms with van der Waals surface area (Å²) < 4.78 is 1.00. The average molecular weight is 171 g/mol. The highest BCUT2D eigenvalue weighted by atomic mass is 35.5. The van der Waals surface area contributed by atoms with Crippen molar-refractivity contribution in [2.75, 3.05) is 7.05 Å². The lowest BCUT2D eigenvalue weighted by atomic mass is 10.2. The van der Waals surface area contributed by atoms with E-state index in [1.807, 2.05) is 12.1 Å². The molecule has 1 aromatic rings. The zero-order valence-electron chi connectivity index (χ0n) is 6.16. The van der Waals surface area contributed by atoms with E-state index in [4.69, 9.17) is 16.8 Å². The quantitative estimate of drug-likeness (QED) is 0.295. The van der Waals surface area contributed by atoms with Crippen LogP contribution in [0.15, 0.2) is 24.3 Å². The highest BCUT2D eigenvalue weighted by Gasteiger charge is 1.93. The highest BCUT2D eigenvalue weighted by molar-refractivity contribution is 6.30. The van der Waals surface area contributed by atoms with E-state index in [1.54, 1.807) is 25.4 Å². The number of rotatable bonds is 1. The van der Waals surface area contributed by atoms with Gasteiger partial charge < -0.3 is 0 Å². The topological polar surface area (TPSA) is 23.2 Å². The predicted octanol–water partition coefficient (Wildman–Crippen LogP) is 1.79. The first-order valence-electron chi connectivity index (χ1n) is 3.20. The van der Waals surface area contributed by atoms with E-state index in [1.165, 1.54) is 0 Å². The van der Waals surface area contributed by atoms with Crippen molar-refractivity contribution in [3.8, 4) is 0 Å². The van der Waals surface area contributed by atoms with Crippen LogP contribution in [0.4, 0.5) is 0 Å². The summed E-state index contributed by atoms with van der Waals surface area (Å²) in [5.41, 5.74) is 0.916. The van der Waals surface area contributed by atoms with Gasteiger partial charge in [-0.25, -0.2) is 0 Å². The van der Waals surface area contributed by atoms with Crippen LogP contribution < -0.4 is 0 Å². The van der Waals surface area contributed by atoms with Gasteiger partial charge in [0.2, 0.25) is 6.21 Å². The summed E-state index contributed by atoms with van der Waals surface area (Å²) >= 11 is 5.66. The normalized spacial score (nSPS) is 11.6. The Hall–Kier alpha value is -1.02. The maximum Gasteiger partial charge on any atom is 0.222 e. The molecule has 0 saturated carbocycles. The summed E-state index contributed by atoms with van der Waals surface area (Å²) in [4.78, 5) is 0. The van der Waals surface area contributed by atoms with Crippen LogP contribution in [-0.2, 0) is 0 Å². The Kier molecular flexibility index (Phi) is 2.49. The highest BCUT2D eigenvalue weighted by Crippen LogP contribution is 2.07. The Morgan fingerprint density at radius 1 is 1.36 bits per heavy atom. The molecule has 2 nitrogen and oxygen atoms in total. The number of nitrogens with zero attached hydrogens (tertiary/aromatic N) is 1. The van der Waals surface area contributed by atoms with Gasteiger partial charge in [0.25, 0.3) is 0 Å². The molecule has 0 aliphatic heterocycles. The predicted molar refractivity (Wildman–Crippen MR) is 44.6 cm³/mol. The molecule has 0 aromatic heterocycles. The third kappa shape index (κ3) is 2.60. The third-order valence-corrected chi connectivity index (χ3v) is 1.46. The molecule has 1 aromatic carbocycles. The molecule has 0 bridgehead atoms. The molecule has 1 N–H and O–H groups in total. The minimum absolute atomic E-state index is 0.697. The van der Waals surface area contributed by atoms with Crippen molar-refractivity contribution in [3.05, 3.63) is 34.9 Å². The van der Waals surface area contributed by atoms with Gasteiger partial charge in [-0.2, -0.15) is 0 Å². The summed E-state index contributed by atoms with van der Waals surface area (Å²) in [5.74, 6) is 0. The van der Waals surface area contributed by atoms with Crippen molar-refractivity contribution < 1.29 is 9.95 Å². The minimum Gasteiger partial charge on any atom is -0.291 e. The second-order valence-corrected chi connectivity index (χ2v) is 2.69. The molecule has 11 heavy (non-hydrogen) atoms. The Balaban J connectivity index is 2.91. The number of hydroxylamine groups is 1. The van der Waals surface area contributed by atoms with Crippen LogP contribution in [0.5, 0.6) is 0 Å². The minimum atomic E-state index is 0.697. The van der Waals surface area contributed by atoms with Gasteiger partial charge in [-0.05, 0) is 29.0 Å². The Labute approximate surface area is 70.3 Å². The van der Waals surface area contributed by atoms with E-state index < -0.39 is 0 Å². The summed E-state index contributed by atoms with van der Waals surface area (Å²) in [6, 6.07) is 7.21. The van der Waals surface area contributed by atoms with Crippen LogP contribution in [0, 0.1) is 0 Å². The largest absolute Gasteiger partial charge is 0.291 e. The maximum atomic E-state index is 8.82. The zero-order valence-corrected chi connectivity index (χ0v) is 6.92. The van der Waals surface area contributed by atoms with Crippen LogP contribution in [0.1, 0.15) is 5.56 Å². The molecule has 0 spiro atoms. The van der Waals surface area contributed by atoms with Crippen LogP contribution in [-0.4, -0.2) is 23.2 Å². The smallest absolute Gasteiger partial charge is 0.222 e. The van der Waals surface area contributed by atoms with Crippen LogP contribution in [0.2, 0.25) is 5.02 Å². The van der Waals surface area contributed by atoms with Gasteiger partial charge in [-0.3, -0.25) is 5.21 Å². The standard InChI is InChI=1S/C8H9ClNO/c1-10(11)6-7-2-4-8(9)5-3-7/h2-6,11H,1H3/q+1. The van der Waals surface area contributed by atoms with Gasteiger partial charge in [-0.15, -0.1) is 0 Å². The Morgan fingerprint density at radius 3 is 2.36 bits per heavy atom. The number of hydrogen-bond acceptors (Lipinski definition) is 1. The molecule has 0 fully saturated rings. The van der Waals surface area contributed by atoms with E-state index in [0.717, 1.165) is 10.3 Å². The number of hydrogen-bond donors (Lipinski definition) is 1. The van der Waals surface area contributed by atoms with Crippen molar-refractivity contribution >= 4 is 17.8 Å². The van der Waals surface area contributed by atoms with Gasteiger partial charge in [0.05, 0.1) is 0 Å². The monoisotopic (exact) mass is 170 g/mol. The second-order valence-electron chi connectivity index (χ2n) is 2.25. The molecule has 0 saturated heterocycles. The fourth-order valence-corrected chi connectivity index (χ4v) is 0.891. The fourth-order valence-electron chi connectivity index (χ4n) is 0.765. The zero-order chi connectivity index (χ0) is 8.27. The molecule has 0 atom stereocenters. The first-order chi connectivity index (χ1) is 5.18. The summed E-state index contributed by atoms with van der Waals surface area (Å²) in [5, 5.41) is 9.52. The van der Waals surface area contributed by atoms with E-state index in [9.17, 15) is 0 Å². The third-order valence-electron chi connectivity index (χ3n) is 1.21. The lowest BCUT2D eigenvalue weighted by Crippen LogP contribution is -2.00. The molecular weight excluding hydrogens is 162 g/mol. The molecule has 0 unspecified atom stereocenters. The SMILES string of the molecule is C[N+](O)=Cc1ccc(Cl)cc1. The van der Waals surface area contributed by atoms with Crippen molar-refractivity contribution in [1.29, 1.82) is 0 Å². The van der Waals surface area contributed by atoms with Gasteiger partial charge in [0, 0.05) is 10.6 Å². The van der Waals surface area contributed by atoms with Crippen molar-refractivity contribution in [1.82, 2.24) is 0 Å². The van der Waals surface area contributed by atoms with Gasteiger partial charge >= 0.3 is 0 Å². The average Bonchev–Trinajstić information content (AvgIpc) is 1.93. The maximum absolute atomic E-state index is 8.82. The second kappa shape index (κ2) is 3.39. The molecule has 0 aliphatic rings. The van der Waals surface area contributed by atoms with E-state index in [-0.39, 0.29) is 0 Å². The van der Waals surface area contributed by atoms with Crippen LogP contribution in [0.3, 0.4) is 0 Å². The van der Waals surface area contributed by atoms with Gasteiger partial charge in [0.1, 0.15) is 0 Å². The van der Waals surface area contributed by atoms with Crippen LogP contribution in [0.25, 0.3) is 0 Å². The van der Waals surface area contributed by atoms with Crippen molar-refractivity contribution in [2.45, 2.75) is 0 Å². The Morgan fingerprint density at radius 2 is 1.91 bits per heavy atom. The molecule has 3 heteroatoms. The van der Waals surface area contributed by atoms with E-state index >= 15 is 0 Å². The summed E-state index contributed by atoms with van der Waals surface area (Å²) in [6.07, 6.45) is 1.59. The lowest BCUT2D eigenvalue weighted by Gasteiger charge is -1.89. The van der Waals surface area contributed by atoms with Gasteiger partial charge in [-0.1, -0.05) is 11.6 Å². The number of halogens is 1. The van der Waals surface area contributed by atoms with Crippen molar-refractivity contribution in [3.63, 3.8) is 0 Å². The Bertz CT molecular complexity index is 262.